The summed E-state index contributed by atoms with van der Waals surface area (Å²) in [5, 5.41) is 8.98. The first-order valence-electron chi connectivity index (χ1n) is 11.7. The van der Waals surface area contributed by atoms with Crippen LogP contribution in [0.2, 0.25) is 0 Å². The van der Waals surface area contributed by atoms with E-state index in [1.54, 1.807) is 6.08 Å². The molecule has 4 aromatic carbocycles. The summed E-state index contributed by atoms with van der Waals surface area (Å²) in [7, 11) is 4.05. The summed E-state index contributed by atoms with van der Waals surface area (Å²) >= 11 is 0. The Kier molecular flexibility index (Phi) is 6.67. The highest BCUT2D eigenvalue weighted by Crippen LogP contribution is 2.29. The second-order valence-electron chi connectivity index (χ2n) is 8.16. The number of carbonyl (C=O) groups is 1. The highest BCUT2D eigenvalue weighted by molar-refractivity contribution is 5.85. The molecule has 1 N–H and O–H groups in total. The summed E-state index contributed by atoms with van der Waals surface area (Å²) < 4.78 is 9.14. The number of rotatable bonds is 8. The summed E-state index contributed by atoms with van der Waals surface area (Å²) in [6.07, 6.45) is 2.68. The summed E-state index contributed by atoms with van der Waals surface area (Å²) in [5.74, 6) is -0.995. The molecule has 0 bridgehead atoms. The molecule has 0 saturated heterocycles. The van der Waals surface area contributed by atoms with Gasteiger partial charge in [-0.15, -0.1) is 0 Å². The Balaban J connectivity index is 1.66. The molecule has 170 valence electrons. The predicted octanol–water partition coefficient (Wildman–Crippen LogP) is 6.86. The third kappa shape index (κ3) is 5.73. The van der Waals surface area contributed by atoms with Gasteiger partial charge in [-0.3, -0.25) is 0 Å². The van der Waals surface area contributed by atoms with Crippen LogP contribution < -0.4 is 9.80 Å². The van der Waals surface area contributed by atoms with Gasteiger partial charge in [0.2, 0.25) is 0 Å². The lowest BCUT2D eigenvalue weighted by Crippen LogP contribution is -2.16. The molecule has 34 heavy (non-hydrogen) atoms. The van der Waals surface area contributed by atoms with Crippen LogP contribution in [0.5, 0.6) is 0 Å². The van der Waals surface area contributed by atoms with Crippen LogP contribution >= 0.6 is 0 Å². The second-order valence-corrected chi connectivity index (χ2v) is 8.16. The van der Waals surface area contributed by atoms with Crippen molar-refractivity contribution in [2.45, 2.75) is 6.52 Å². The molecule has 0 fully saturated rings. The Hall–Kier alpha value is -4.31. The van der Waals surface area contributed by atoms with Gasteiger partial charge in [-0.05, 0) is 64.7 Å². The highest BCUT2D eigenvalue weighted by Gasteiger charge is 2.11. The maximum atomic E-state index is 11.0. The minimum absolute atomic E-state index is 0.693. The molecule has 0 heterocycles. The molecule has 4 aromatic rings. The number of nitrogens with zero attached hydrogens (tertiary/aromatic N) is 2. The van der Waals surface area contributed by atoms with E-state index < -0.39 is 12.5 Å². The molecule has 0 aromatic heterocycles. The standard InChI is InChI=1S/C30H28N2O2/c1-31(2)27-18-16-26(17-19-27)25-14-11-24(12-15-25)22-32(28-8-4-3-5-9-28)29-10-6-7-23(21-29)13-20-30(33)34/h3-21H,22H2,1-2H3,(H,33,34)/b20-13+/i22D. The Morgan fingerprint density at radius 2 is 1.41 bits per heavy atom. The first kappa shape index (κ1) is 21.5. The van der Waals surface area contributed by atoms with Crippen LogP contribution in [0.15, 0.2) is 109 Å². The average Bonchev–Trinajstić information content (AvgIpc) is 2.88. The summed E-state index contributed by atoms with van der Waals surface area (Å²) in [6, 6.07) is 33.9. The third-order valence-electron chi connectivity index (χ3n) is 5.51. The molecule has 1 atom stereocenters. The summed E-state index contributed by atoms with van der Waals surface area (Å²) in [5.41, 5.74) is 6.68. The maximum Gasteiger partial charge on any atom is 0.328 e. The lowest BCUT2D eigenvalue weighted by molar-refractivity contribution is -0.131. The molecule has 0 radical (unpaired) electrons. The van der Waals surface area contributed by atoms with Gasteiger partial charge in [0.1, 0.15) is 0 Å². The van der Waals surface area contributed by atoms with Crippen molar-refractivity contribution in [2.24, 2.45) is 0 Å². The fourth-order valence-corrected chi connectivity index (χ4v) is 3.70. The monoisotopic (exact) mass is 449 g/mol. The van der Waals surface area contributed by atoms with Gasteiger partial charge in [0.25, 0.3) is 0 Å². The minimum Gasteiger partial charge on any atom is -0.478 e. The zero-order valence-corrected chi connectivity index (χ0v) is 19.3. The lowest BCUT2D eigenvalue weighted by Gasteiger charge is -2.26. The van der Waals surface area contributed by atoms with Crippen LogP contribution in [0.3, 0.4) is 0 Å². The molecular weight excluding hydrogens is 420 g/mol. The number of carboxylic acid groups (broad SMARTS) is 1. The normalized spacial score (nSPS) is 12.2. The van der Waals surface area contributed by atoms with E-state index in [-0.39, 0.29) is 0 Å². The van der Waals surface area contributed by atoms with Crippen LogP contribution in [0.1, 0.15) is 12.5 Å². The van der Waals surface area contributed by atoms with Crippen molar-refractivity contribution in [3.63, 3.8) is 0 Å². The number of hydrogen-bond acceptors (Lipinski definition) is 3. The number of para-hydroxylation sites is 1. The molecular formula is C30H28N2O2. The maximum absolute atomic E-state index is 11.0. The molecule has 0 saturated carbocycles. The van der Waals surface area contributed by atoms with Gasteiger partial charge in [0.05, 0.1) is 1.37 Å². The molecule has 1 unspecified atom stereocenters. The highest BCUT2D eigenvalue weighted by atomic mass is 16.4. The number of anilines is 3. The van der Waals surface area contributed by atoms with Crippen molar-refractivity contribution in [2.75, 3.05) is 23.9 Å². The molecule has 0 spiro atoms. The third-order valence-corrected chi connectivity index (χ3v) is 5.51. The Morgan fingerprint density at radius 3 is 2.03 bits per heavy atom. The number of carboxylic acids is 1. The van der Waals surface area contributed by atoms with Crippen LogP contribution in [-0.2, 0) is 11.3 Å². The lowest BCUT2D eigenvalue weighted by atomic mass is 10.0. The number of aliphatic carboxylic acids is 1. The summed E-state index contributed by atoms with van der Waals surface area (Å²) in [4.78, 5) is 15.0. The Morgan fingerprint density at radius 1 is 0.794 bits per heavy atom. The molecule has 0 aliphatic heterocycles. The van der Waals surface area contributed by atoms with Crippen molar-refractivity contribution in [3.05, 3.63) is 120 Å². The van der Waals surface area contributed by atoms with E-state index in [0.717, 1.165) is 45.4 Å². The van der Waals surface area contributed by atoms with Gasteiger partial charge < -0.3 is 14.9 Å². The van der Waals surface area contributed by atoms with E-state index in [4.69, 9.17) is 6.48 Å². The molecule has 0 aliphatic rings. The molecule has 0 amide bonds. The second kappa shape index (κ2) is 10.5. The van der Waals surface area contributed by atoms with E-state index in [9.17, 15) is 4.79 Å². The molecule has 4 nitrogen and oxygen atoms in total. The van der Waals surface area contributed by atoms with Gasteiger partial charge in [0.15, 0.2) is 0 Å². The molecule has 4 rings (SSSR count). The zero-order valence-electron chi connectivity index (χ0n) is 20.3. The van der Waals surface area contributed by atoms with Gasteiger partial charge in [-0.2, -0.15) is 0 Å². The largest absolute Gasteiger partial charge is 0.478 e. The Bertz CT molecular complexity index is 1300. The number of hydrogen-bond donors (Lipinski definition) is 1. The fourth-order valence-electron chi connectivity index (χ4n) is 3.70. The fraction of sp³-hybridized carbons (Fsp3) is 0.100. The van der Waals surface area contributed by atoms with Gasteiger partial charge in [0, 0.05) is 43.8 Å². The van der Waals surface area contributed by atoms with Crippen molar-refractivity contribution in [1.82, 2.24) is 0 Å². The van der Waals surface area contributed by atoms with Crippen molar-refractivity contribution in [1.29, 1.82) is 0 Å². The van der Waals surface area contributed by atoms with Crippen molar-refractivity contribution >= 4 is 29.1 Å². The van der Waals surface area contributed by atoms with Gasteiger partial charge >= 0.3 is 5.97 Å². The number of benzene rings is 4. The predicted molar refractivity (Wildman–Crippen MR) is 142 cm³/mol. The topological polar surface area (TPSA) is 43.8 Å². The van der Waals surface area contributed by atoms with Crippen LogP contribution in [0, 0.1) is 0 Å². The molecule has 4 heteroatoms. The van der Waals surface area contributed by atoms with E-state index in [2.05, 4.69) is 41.3 Å². The van der Waals surface area contributed by atoms with Crippen molar-refractivity contribution in [3.8, 4) is 11.1 Å². The van der Waals surface area contributed by atoms with Crippen LogP contribution in [-0.4, -0.2) is 25.2 Å². The SMILES string of the molecule is [2H]C(c1ccc(-c2ccc(N(C)C)cc2)cc1)N(c1ccccc1)c1cccc(/C=C/C(=O)O)c1. The first-order valence-corrected chi connectivity index (χ1v) is 11.1. The summed E-state index contributed by atoms with van der Waals surface area (Å²) in [6.45, 7) is -0.693. The van der Waals surface area contributed by atoms with E-state index in [1.165, 1.54) is 0 Å². The van der Waals surface area contributed by atoms with E-state index in [0.29, 0.717) is 0 Å². The smallest absolute Gasteiger partial charge is 0.328 e. The van der Waals surface area contributed by atoms with E-state index >= 15 is 0 Å². The van der Waals surface area contributed by atoms with Crippen LogP contribution in [0.4, 0.5) is 17.1 Å². The van der Waals surface area contributed by atoms with Gasteiger partial charge in [-0.1, -0.05) is 66.7 Å². The van der Waals surface area contributed by atoms with Crippen LogP contribution in [0.25, 0.3) is 17.2 Å². The zero-order chi connectivity index (χ0) is 24.8. The average molecular weight is 450 g/mol. The minimum atomic E-state index is -0.995. The van der Waals surface area contributed by atoms with Crippen molar-refractivity contribution < 1.29 is 11.3 Å². The first-order chi connectivity index (χ1) is 16.9. The molecule has 0 aliphatic carbocycles. The Labute approximate surface area is 202 Å². The quantitative estimate of drug-likeness (QED) is 0.299. The van der Waals surface area contributed by atoms with Gasteiger partial charge in [-0.25, -0.2) is 4.79 Å². The van der Waals surface area contributed by atoms with E-state index in [1.807, 2.05) is 85.7 Å².